The topological polar surface area (TPSA) is 111 Å². The van der Waals surface area contributed by atoms with Gasteiger partial charge in [0.1, 0.15) is 12.6 Å². The molecule has 0 aliphatic carbocycles. The zero-order valence-electron chi connectivity index (χ0n) is 9.96. The molecule has 18 heavy (non-hydrogen) atoms. The summed E-state index contributed by atoms with van der Waals surface area (Å²) in [6, 6.07) is -0.582. The standard InChI is InChI=1S/C10H14N4O4/c1-6-12-14(10(17)18-6)5-8(15)13-4-2-3-7(13)9(11)16/h7H,2-5H2,1H3,(H2,11,16). The third-order valence-electron chi connectivity index (χ3n) is 2.89. The fourth-order valence-electron chi connectivity index (χ4n) is 2.09. The second-order valence-electron chi connectivity index (χ2n) is 4.19. The minimum absolute atomic E-state index is 0.195. The number of hydrogen-bond donors (Lipinski definition) is 1. The first kappa shape index (κ1) is 12.3. The Morgan fingerprint density at radius 2 is 2.28 bits per heavy atom. The number of likely N-dealkylation sites (tertiary alicyclic amines) is 1. The fraction of sp³-hybridized carbons (Fsp3) is 0.600. The quantitative estimate of drug-likeness (QED) is 0.714. The van der Waals surface area contributed by atoms with E-state index in [1.165, 1.54) is 11.8 Å². The third kappa shape index (κ3) is 2.27. The molecule has 0 saturated carbocycles. The van der Waals surface area contributed by atoms with E-state index >= 15 is 0 Å². The highest BCUT2D eigenvalue weighted by molar-refractivity contribution is 5.87. The van der Waals surface area contributed by atoms with Crippen LogP contribution in [0.15, 0.2) is 9.21 Å². The van der Waals surface area contributed by atoms with Crippen LogP contribution in [0.25, 0.3) is 0 Å². The van der Waals surface area contributed by atoms with E-state index in [-0.39, 0.29) is 18.3 Å². The van der Waals surface area contributed by atoms with Crippen molar-refractivity contribution in [3.05, 3.63) is 16.4 Å². The third-order valence-corrected chi connectivity index (χ3v) is 2.89. The molecule has 0 bridgehead atoms. The maximum atomic E-state index is 12.0. The van der Waals surface area contributed by atoms with Gasteiger partial charge in [0, 0.05) is 13.5 Å². The lowest BCUT2D eigenvalue weighted by Crippen LogP contribution is -2.45. The normalized spacial score (nSPS) is 19.2. The monoisotopic (exact) mass is 254 g/mol. The second-order valence-corrected chi connectivity index (χ2v) is 4.19. The minimum atomic E-state index is -0.685. The number of amides is 2. The van der Waals surface area contributed by atoms with Crippen molar-refractivity contribution in [2.75, 3.05) is 6.54 Å². The van der Waals surface area contributed by atoms with Crippen molar-refractivity contribution in [3.8, 4) is 0 Å². The van der Waals surface area contributed by atoms with Crippen molar-refractivity contribution < 1.29 is 14.0 Å². The first-order valence-electron chi connectivity index (χ1n) is 5.62. The van der Waals surface area contributed by atoms with Gasteiger partial charge in [-0.1, -0.05) is 0 Å². The van der Waals surface area contributed by atoms with Crippen LogP contribution in [0.3, 0.4) is 0 Å². The Balaban J connectivity index is 2.10. The van der Waals surface area contributed by atoms with E-state index in [0.717, 1.165) is 11.1 Å². The van der Waals surface area contributed by atoms with Gasteiger partial charge in [-0.25, -0.2) is 4.79 Å². The van der Waals surface area contributed by atoms with Gasteiger partial charge in [-0.05, 0) is 12.8 Å². The Hall–Kier alpha value is -2.12. The van der Waals surface area contributed by atoms with Crippen LogP contribution in [0.4, 0.5) is 0 Å². The van der Waals surface area contributed by atoms with Crippen molar-refractivity contribution in [3.63, 3.8) is 0 Å². The smallest absolute Gasteiger partial charge is 0.393 e. The van der Waals surface area contributed by atoms with Gasteiger partial charge in [0.05, 0.1) is 0 Å². The molecule has 2 heterocycles. The van der Waals surface area contributed by atoms with Crippen LogP contribution < -0.4 is 11.5 Å². The predicted octanol–water partition coefficient (Wildman–Crippen LogP) is -1.38. The van der Waals surface area contributed by atoms with E-state index < -0.39 is 17.7 Å². The van der Waals surface area contributed by atoms with Gasteiger partial charge < -0.3 is 15.1 Å². The number of aryl methyl sites for hydroxylation is 1. The Bertz CT molecular complexity index is 532. The SMILES string of the molecule is Cc1nn(CC(=O)N2CCCC2C(N)=O)c(=O)o1. The van der Waals surface area contributed by atoms with Crippen LogP contribution in [0.5, 0.6) is 0 Å². The number of carbonyl (C=O) groups is 2. The first-order valence-corrected chi connectivity index (χ1v) is 5.62. The highest BCUT2D eigenvalue weighted by atomic mass is 16.4. The zero-order valence-corrected chi connectivity index (χ0v) is 9.96. The van der Waals surface area contributed by atoms with Gasteiger partial charge >= 0.3 is 5.76 Å². The van der Waals surface area contributed by atoms with Crippen molar-refractivity contribution in [2.24, 2.45) is 5.73 Å². The molecule has 1 aromatic rings. The molecule has 0 radical (unpaired) electrons. The lowest BCUT2D eigenvalue weighted by Gasteiger charge is -2.21. The molecule has 1 fully saturated rings. The summed E-state index contributed by atoms with van der Waals surface area (Å²) in [7, 11) is 0. The Morgan fingerprint density at radius 3 is 2.83 bits per heavy atom. The van der Waals surface area contributed by atoms with Crippen molar-refractivity contribution in [2.45, 2.75) is 32.4 Å². The molecular formula is C10H14N4O4. The number of hydrogen-bond acceptors (Lipinski definition) is 5. The summed E-state index contributed by atoms with van der Waals surface area (Å²) in [5.41, 5.74) is 5.22. The number of rotatable bonds is 3. The van der Waals surface area contributed by atoms with Gasteiger partial charge in [0.15, 0.2) is 0 Å². The van der Waals surface area contributed by atoms with Crippen LogP contribution >= 0.6 is 0 Å². The lowest BCUT2D eigenvalue weighted by atomic mass is 10.2. The molecule has 98 valence electrons. The summed E-state index contributed by atoms with van der Waals surface area (Å²) in [4.78, 5) is 35.8. The Morgan fingerprint density at radius 1 is 1.56 bits per heavy atom. The van der Waals surface area contributed by atoms with Crippen LogP contribution in [-0.2, 0) is 16.1 Å². The molecule has 2 rings (SSSR count). The van der Waals surface area contributed by atoms with E-state index in [1.54, 1.807) is 0 Å². The van der Waals surface area contributed by atoms with E-state index in [2.05, 4.69) is 9.52 Å². The molecule has 8 heteroatoms. The number of aromatic nitrogens is 2. The molecule has 1 aliphatic heterocycles. The molecule has 2 amide bonds. The average molecular weight is 254 g/mol. The van der Waals surface area contributed by atoms with Crippen LogP contribution in [-0.4, -0.2) is 39.1 Å². The molecule has 1 aromatic heterocycles. The minimum Gasteiger partial charge on any atom is -0.393 e. The molecule has 1 aliphatic rings. The van der Waals surface area contributed by atoms with Crippen molar-refractivity contribution >= 4 is 11.8 Å². The van der Waals surface area contributed by atoms with Crippen LogP contribution in [0, 0.1) is 6.92 Å². The van der Waals surface area contributed by atoms with E-state index in [0.29, 0.717) is 13.0 Å². The largest absolute Gasteiger partial charge is 0.437 e. The van der Waals surface area contributed by atoms with Gasteiger partial charge in [-0.3, -0.25) is 9.59 Å². The average Bonchev–Trinajstić information content (AvgIpc) is 2.86. The predicted molar refractivity (Wildman–Crippen MR) is 59.4 cm³/mol. The van der Waals surface area contributed by atoms with Crippen molar-refractivity contribution in [1.82, 2.24) is 14.7 Å². The Labute approximate surface area is 102 Å². The summed E-state index contributed by atoms with van der Waals surface area (Å²) in [6.45, 7) is 1.75. The molecule has 0 spiro atoms. The second kappa shape index (κ2) is 4.63. The zero-order chi connectivity index (χ0) is 13.3. The highest BCUT2D eigenvalue weighted by Crippen LogP contribution is 2.17. The van der Waals surface area contributed by atoms with E-state index in [9.17, 15) is 14.4 Å². The van der Waals surface area contributed by atoms with Gasteiger partial charge in [-0.15, -0.1) is 5.10 Å². The fourth-order valence-corrected chi connectivity index (χ4v) is 2.09. The van der Waals surface area contributed by atoms with Crippen LogP contribution in [0.1, 0.15) is 18.7 Å². The summed E-state index contributed by atoms with van der Waals surface area (Å²) >= 11 is 0. The van der Waals surface area contributed by atoms with Crippen molar-refractivity contribution in [1.29, 1.82) is 0 Å². The molecule has 0 aromatic carbocycles. The molecule has 1 saturated heterocycles. The van der Waals surface area contributed by atoms with Gasteiger partial charge in [-0.2, -0.15) is 4.68 Å². The summed E-state index contributed by atoms with van der Waals surface area (Å²) in [5, 5.41) is 3.77. The Kier molecular flexibility index (Phi) is 3.17. The number of nitrogens with zero attached hydrogens (tertiary/aromatic N) is 3. The molecule has 1 atom stereocenters. The van der Waals surface area contributed by atoms with Crippen LogP contribution in [0.2, 0.25) is 0 Å². The first-order chi connectivity index (χ1) is 8.49. The number of primary amides is 1. The maximum absolute atomic E-state index is 12.0. The van der Waals surface area contributed by atoms with E-state index in [4.69, 9.17) is 5.73 Å². The molecule has 1 unspecified atom stereocenters. The summed E-state index contributed by atoms with van der Waals surface area (Å²) in [6.07, 6.45) is 1.29. The summed E-state index contributed by atoms with van der Waals surface area (Å²) in [5.74, 6) is -1.37. The molecular weight excluding hydrogens is 240 g/mol. The lowest BCUT2D eigenvalue weighted by molar-refractivity contribution is -0.138. The van der Waals surface area contributed by atoms with Gasteiger partial charge in [0.25, 0.3) is 0 Å². The number of nitrogens with two attached hydrogens (primary N) is 1. The highest BCUT2D eigenvalue weighted by Gasteiger charge is 2.32. The van der Waals surface area contributed by atoms with Gasteiger partial charge in [0.2, 0.25) is 17.7 Å². The molecule has 2 N–H and O–H groups in total. The molecule has 8 nitrogen and oxygen atoms in total. The summed E-state index contributed by atoms with van der Waals surface area (Å²) < 4.78 is 5.62. The number of carbonyl (C=O) groups excluding carboxylic acids is 2. The van der Waals surface area contributed by atoms with E-state index in [1.807, 2.05) is 0 Å². The maximum Gasteiger partial charge on any atom is 0.437 e.